The number of hydrogen-bond donors (Lipinski definition) is 5. The highest BCUT2D eigenvalue weighted by molar-refractivity contribution is 6.52. The molecule has 0 heterocycles. The molecule has 0 spiro atoms. The Kier molecular flexibility index (Phi) is 7.26. The van der Waals surface area contributed by atoms with Crippen molar-refractivity contribution in [3.63, 3.8) is 0 Å². The van der Waals surface area contributed by atoms with Gasteiger partial charge in [0, 0.05) is 6.54 Å². The van der Waals surface area contributed by atoms with Crippen LogP contribution in [0.25, 0.3) is 0 Å². The molecule has 0 amide bonds. The number of rotatable bonds is 5. The van der Waals surface area contributed by atoms with Crippen molar-refractivity contribution >= 4 is 20.1 Å². The molecule has 1 rings (SSSR count). The largest absolute Gasteiger partial charge is 0.433 e. The molecule has 6 N–H and O–H groups in total. The van der Waals surface area contributed by atoms with E-state index in [1.807, 2.05) is 0 Å². The summed E-state index contributed by atoms with van der Waals surface area (Å²) in [5, 5.41) is 24.6. The van der Waals surface area contributed by atoms with E-state index >= 15 is 0 Å². The average Bonchev–Trinajstić information content (AvgIpc) is 2.35. The minimum absolute atomic E-state index is 0.444. The highest BCUT2D eigenvalue weighted by atomic mass is 16.2. The van der Waals surface area contributed by atoms with Crippen LogP contribution in [0.1, 0.15) is 25.7 Å². The molecule has 0 bridgehead atoms. The lowest BCUT2D eigenvalue weighted by molar-refractivity contribution is 0.271. The predicted molar refractivity (Wildman–Crippen MR) is 80.7 cm³/mol. The molecule has 19 heavy (non-hydrogen) atoms. The summed E-state index contributed by atoms with van der Waals surface area (Å²) in [4.78, 5) is 4.01. The van der Waals surface area contributed by atoms with Gasteiger partial charge in [-0.2, -0.15) is 0 Å². The molecular weight excluding hydrogens is 242 g/mol. The zero-order valence-electron chi connectivity index (χ0n) is 12.0. The van der Waals surface area contributed by atoms with Gasteiger partial charge in [0.25, 0.3) is 0 Å². The van der Waals surface area contributed by atoms with Gasteiger partial charge in [0.05, 0.1) is 0 Å². The fraction of sp³-hybridized carbons (Fsp3) is 0.909. The Morgan fingerprint density at radius 1 is 1.32 bits per heavy atom. The van der Waals surface area contributed by atoms with Crippen LogP contribution in [-0.4, -0.2) is 43.2 Å². The summed E-state index contributed by atoms with van der Waals surface area (Å²) in [6.45, 7) is 4.75. The Morgan fingerprint density at radius 3 is 2.58 bits per heavy atom. The molecule has 0 aliphatic heterocycles. The van der Waals surface area contributed by atoms with Crippen LogP contribution in [0.2, 0.25) is 13.6 Å². The highest BCUT2D eigenvalue weighted by Crippen LogP contribution is 2.27. The Hall–Kier alpha value is -0.720. The molecule has 0 unspecified atom stereocenters. The van der Waals surface area contributed by atoms with E-state index < -0.39 is 14.1 Å². The van der Waals surface area contributed by atoms with E-state index in [2.05, 4.69) is 15.4 Å². The summed E-state index contributed by atoms with van der Waals surface area (Å²) < 4.78 is 0. The molecule has 1 fully saturated rings. The van der Waals surface area contributed by atoms with E-state index in [-0.39, 0.29) is 0 Å². The van der Waals surface area contributed by atoms with Crippen molar-refractivity contribution in [2.45, 2.75) is 39.3 Å². The van der Waals surface area contributed by atoms with Crippen molar-refractivity contribution in [3.05, 3.63) is 0 Å². The van der Waals surface area contributed by atoms with Gasteiger partial charge in [-0.1, -0.05) is 6.42 Å². The molecule has 6 nitrogen and oxygen atoms in total. The second-order valence-corrected chi connectivity index (χ2v) is 5.45. The van der Waals surface area contributed by atoms with Crippen molar-refractivity contribution in [1.29, 1.82) is 0 Å². The number of nitrogens with one attached hydrogen (secondary N) is 2. The van der Waals surface area contributed by atoms with Gasteiger partial charge < -0.3 is 26.3 Å². The number of hydrogen-bond acceptors (Lipinski definition) is 4. The zero-order valence-corrected chi connectivity index (χ0v) is 12.0. The number of nitrogens with two attached hydrogens (primary N) is 1. The third-order valence-electron chi connectivity index (χ3n) is 3.44. The molecule has 1 saturated carbocycles. The third-order valence-corrected chi connectivity index (χ3v) is 3.44. The van der Waals surface area contributed by atoms with Gasteiger partial charge in [0.1, 0.15) is 0 Å². The van der Waals surface area contributed by atoms with E-state index in [0.717, 1.165) is 19.5 Å². The van der Waals surface area contributed by atoms with Gasteiger partial charge in [-0.15, -0.1) is 0 Å². The van der Waals surface area contributed by atoms with Crippen LogP contribution in [0.3, 0.4) is 0 Å². The Balaban J connectivity index is 2.42. The Bertz CT molecular complexity index is 290. The van der Waals surface area contributed by atoms with Crippen LogP contribution in [0.5, 0.6) is 0 Å². The van der Waals surface area contributed by atoms with Gasteiger partial charge in [-0.05, 0) is 51.3 Å². The van der Waals surface area contributed by atoms with E-state index in [0.29, 0.717) is 17.8 Å². The Labute approximate surface area is 116 Å². The standard InChI is InChI=1S/C11H26B2N4O2/c1-12(18)16-11(17-13(2)19)15-8-10-5-3-4-9(6-10)7-14/h9-10,18-19H,3-8,14H2,1-2H3,(H2,15,16,17)/t9-,10+/m0/s1. The lowest BCUT2D eigenvalue weighted by Gasteiger charge is -2.29. The second-order valence-electron chi connectivity index (χ2n) is 5.45. The SMILES string of the molecule is CB(O)N=C(NC[C@@H]1CCC[C@H](CN)C1)NB(C)O. The van der Waals surface area contributed by atoms with Crippen LogP contribution >= 0.6 is 0 Å². The van der Waals surface area contributed by atoms with Gasteiger partial charge in [0.2, 0.25) is 0 Å². The average molecular weight is 268 g/mol. The number of nitrogens with zero attached hydrogens (tertiary/aromatic N) is 1. The lowest BCUT2D eigenvalue weighted by Crippen LogP contribution is -2.47. The summed E-state index contributed by atoms with van der Waals surface area (Å²) in [6, 6.07) is 0. The smallest absolute Gasteiger partial charge is 0.431 e. The topological polar surface area (TPSA) is 103 Å². The first-order chi connectivity index (χ1) is 9.01. The maximum Gasteiger partial charge on any atom is 0.431 e. The van der Waals surface area contributed by atoms with Crippen LogP contribution in [-0.2, 0) is 0 Å². The summed E-state index contributed by atoms with van der Waals surface area (Å²) in [6.07, 6.45) is 4.79. The molecule has 1 aliphatic carbocycles. The Morgan fingerprint density at radius 2 is 2.00 bits per heavy atom. The fourth-order valence-corrected chi connectivity index (χ4v) is 2.56. The van der Waals surface area contributed by atoms with Crippen molar-refractivity contribution in [2.24, 2.45) is 22.5 Å². The first kappa shape index (κ1) is 16.3. The molecular formula is C11H26B2N4O2. The zero-order chi connectivity index (χ0) is 14.3. The van der Waals surface area contributed by atoms with E-state index in [9.17, 15) is 10.0 Å². The monoisotopic (exact) mass is 268 g/mol. The summed E-state index contributed by atoms with van der Waals surface area (Å²) in [7, 11) is -1.50. The van der Waals surface area contributed by atoms with E-state index in [1.165, 1.54) is 19.3 Å². The maximum atomic E-state index is 9.32. The summed E-state index contributed by atoms with van der Waals surface area (Å²) in [5.74, 6) is 1.65. The molecule has 0 saturated heterocycles. The van der Waals surface area contributed by atoms with Crippen LogP contribution in [0, 0.1) is 11.8 Å². The predicted octanol–water partition coefficient (Wildman–Crippen LogP) is -0.493. The molecule has 8 heteroatoms. The first-order valence-corrected chi connectivity index (χ1v) is 7.15. The minimum Gasteiger partial charge on any atom is -0.433 e. The van der Waals surface area contributed by atoms with Gasteiger partial charge in [-0.25, -0.2) is 0 Å². The molecule has 0 aromatic carbocycles. The molecule has 2 atom stereocenters. The molecule has 0 aromatic heterocycles. The first-order valence-electron chi connectivity index (χ1n) is 7.15. The van der Waals surface area contributed by atoms with E-state index in [4.69, 9.17) is 5.73 Å². The quantitative estimate of drug-likeness (QED) is 0.263. The second kappa shape index (κ2) is 8.45. The van der Waals surface area contributed by atoms with Crippen molar-refractivity contribution in [1.82, 2.24) is 10.5 Å². The summed E-state index contributed by atoms with van der Waals surface area (Å²) >= 11 is 0. The van der Waals surface area contributed by atoms with Crippen molar-refractivity contribution in [3.8, 4) is 0 Å². The van der Waals surface area contributed by atoms with Crippen LogP contribution in [0.15, 0.2) is 4.90 Å². The molecule has 1 aliphatic rings. The minimum atomic E-state index is -0.795. The van der Waals surface area contributed by atoms with Crippen molar-refractivity contribution < 1.29 is 10.0 Å². The van der Waals surface area contributed by atoms with Gasteiger partial charge >= 0.3 is 14.1 Å². The number of guanidine groups is 1. The molecule has 0 aromatic rings. The van der Waals surface area contributed by atoms with Gasteiger partial charge in [0.15, 0.2) is 5.96 Å². The fourth-order valence-electron chi connectivity index (χ4n) is 2.56. The van der Waals surface area contributed by atoms with Crippen LogP contribution in [0.4, 0.5) is 0 Å². The summed E-state index contributed by atoms with van der Waals surface area (Å²) in [5.41, 5.74) is 5.73. The van der Waals surface area contributed by atoms with Crippen molar-refractivity contribution in [2.75, 3.05) is 13.1 Å². The highest BCUT2D eigenvalue weighted by Gasteiger charge is 2.21. The molecule has 108 valence electrons. The normalized spacial score (nSPS) is 23.9. The third kappa shape index (κ3) is 6.84. The van der Waals surface area contributed by atoms with Gasteiger partial charge in [-0.3, -0.25) is 4.90 Å². The maximum absolute atomic E-state index is 9.32. The van der Waals surface area contributed by atoms with Crippen LogP contribution < -0.4 is 16.3 Å². The molecule has 0 radical (unpaired) electrons. The lowest BCUT2D eigenvalue weighted by atomic mass is 9.81. The van der Waals surface area contributed by atoms with E-state index in [1.54, 1.807) is 13.6 Å².